The van der Waals surface area contributed by atoms with Gasteiger partial charge in [-0.15, -0.1) is 11.6 Å². The lowest BCUT2D eigenvalue weighted by atomic mass is 10.2. The number of amides is 1. The lowest BCUT2D eigenvalue weighted by Gasteiger charge is -2.07. The van der Waals surface area contributed by atoms with Gasteiger partial charge in [0.25, 0.3) is 0 Å². The highest BCUT2D eigenvalue weighted by Gasteiger charge is 2.13. The molecule has 1 N–H and O–H groups in total. The van der Waals surface area contributed by atoms with Gasteiger partial charge in [0.1, 0.15) is 0 Å². The van der Waals surface area contributed by atoms with Crippen LogP contribution >= 0.6 is 11.6 Å². The van der Waals surface area contributed by atoms with Crippen LogP contribution in [0.15, 0.2) is 6.20 Å². The zero-order valence-corrected chi connectivity index (χ0v) is 9.30. The second-order valence-corrected chi connectivity index (χ2v) is 3.66. The first-order valence-electron chi connectivity index (χ1n) is 4.41. The molecule has 0 aliphatic carbocycles. The van der Waals surface area contributed by atoms with Gasteiger partial charge in [-0.05, 0) is 6.92 Å². The molecule has 14 heavy (non-hydrogen) atoms. The van der Waals surface area contributed by atoms with Gasteiger partial charge in [0.05, 0.1) is 11.4 Å². The summed E-state index contributed by atoms with van der Waals surface area (Å²) in [5.74, 6) is 0.0675. The van der Waals surface area contributed by atoms with Crippen LogP contribution in [0.1, 0.15) is 12.6 Å². The quantitative estimate of drug-likeness (QED) is 0.778. The van der Waals surface area contributed by atoms with Gasteiger partial charge in [0, 0.05) is 25.0 Å². The van der Waals surface area contributed by atoms with Gasteiger partial charge in [0.2, 0.25) is 5.91 Å². The van der Waals surface area contributed by atoms with Gasteiger partial charge in [-0.25, -0.2) is 0 Å². The molecule has 0 aromatic carbocycles. The van der Waals surface area contributed by atoms with Crippen LogP contribution in [0.25, 0.3) is 0 Å². The third kappa shape index (κ3) is 2.48. The summed E-state index contributed by atoms with van der Waals surface area (Å²) >= 11 is 5.58. The van der Waals surface area contributed by atoms with Crippen molar-refractivity contribution >= 4 is 23.2 Å². The van der Waals surface area contributed by atoms with Gasteiger partial charge in [-0.1, -0.05) is 6.92 Å². The SMILES string of the molecule is Cc1nn(C)cc1NC(=O)C(C)CCl. The molecule has 1 aromatic heterocycles. The van der Waals surface area contributed by atoms with Gasteiger partial charge < -0.3 is 5.32 Å². The molecule has 4 nitrogen and oxygen atoms in total. The van der Waals surface area contributed by atoms with Crippen LogP contribution in [0.2, 0.25) is 0 Å². The first-order valence-corrected chi connectivity index (χ1v) is 4.95. The van der Waals surface area contributed by atoms with Gasteiger partial charge in [0.15, 0.2) is 0 Å². The van der Waals surface area contributed by atoms with Gasteiger partial charge >= 0.3 is 0 Å². The maximum absolute atomic E-state index is 11.5. The average molecular weight is 216 g/mol. The Balaban J connectivity index is 2.69. The van der Waals surface area contributed by atoms with E-state index in [0.717, 1.165) is 11.4 Å². The number of hydrogen-bond acceptors (Lipinski definition) is 2. The van der Waals surface area contributed by atoms with E-state index >= 15 is 0 Å². The summed E-state index contributed by atoms with van der Waals surface area (Å²) in [5, 5.41) is 6.89. The van der Waals surface area contributed by atoms with E-state index in [2.05, 4.69) is 10.4 Å². The number of anilines is 1. The third-order valence-corrected chi connectivity index (χ3v) is 2.41. The molecule has 1 atom stereocenters. The Labute approximate surface area is 88.2 Å². The van der Waals surface area contributed by atoms with Crippen molar-refractivity contribution in [3.63, 3.8) is 0 Å². The number of aromatic nitrogens is 2. The minimum atomic E-state index is -0.184. The Kier molecular flexibility index (Phi) is 3.52. The molecule has 0 aliphatic heterocycles. The van der Waals surface area contributed by atoms with Crippen molar-refractivity contribution in [3.8, 4) is 0 Å². The molecule has 0 saturated heterocycles. The van der Waals surface area contributed by atoms with E-state index in [1.165, 1.54) is 0 Å². The molecule has 1 unspecified atom stereocenters. The highest BCUT2D eigenvalue weighted by molar-refractivity contribution is 6.19. The number of aryl methyl sites for hydroxylation is 2. The minimum absolute atomic E-state index is 0.0731. The molecule has 0 saturated carbocycles. The van der Waals surface area contributed by atoms with E-state index < -0.39 is 0 Å². The van der Waals surface area contributed by atoms with Crippen LogP contribution < -0.4 is 5.32 Å². The van der Waals surface area contributed by atoms with E-state index in [0.29, 0.717) is 5.88 Å². The summed E-state index contributed by atoms with van der Waals surface area (Å²) in [6.45, 7) is 3.63. The van der Waals surface area contributed by atoms with E-state index in [9.17, 15) is 4.79 Å². The molecular formula is C9H14ClN3O. The predicted molar refractivity (Wildman–Crippen MR) is 56.5 cm³/mol. The Bertz CT molecular complexity index is 335. The summed E-state index contributed by atoms with van der Waals surface area (Å²) in [5.41, 5.74) is 1.55. The van der Waals surface area contributed by atoms with E-state index in [1.807, 2.05) is 14.0 Å². The minimum Gasteiger partial charge on any atom is -0.323 e. The highest BCUT2D eigenvalue weighted by atomic mass is 35.5. The van der Waals surface area contributed by atoms with Crippen molar-refractivity contribution in [1.29, 1.82) is 0 Å². The Morgan fingerprint density at radius 3 is 2.86 bits per heavy atom. The Hall–Kier alpha value is -1.03. The van der Waals surface area contributed by atoms with Gasteiger partial charge in [-0.3, -0.25) is 9.48 Å². The fraction of sp³-hybridized carbons (Fsp3) is 0.556. The van der Waals surface area contributed by atoms with Gasteiger partial charge in [-0.2, -0.15) is 5.10 Å². The number of rotatable bonds is 3. The summed E-state index contributed by atoms with van der Waals surface area (Å²) < 4.78 is 1.66. The molecule has 1 amide bonds. The van der Waals surface area contributed by atoms with E-state index in [4.69, 9.17) is 11.6 Å². The number of carbonyl (C=O) groups excluding carboxylic acids is 1. The van der Waals surface area contributed by atoms with Crippen LogP contribution in [0, 0.1) is 12.8 Å². The molecule has 1 heterocycles. The van der Waals surface area contributed by atoms with Crippen molar-refractivity contribution in [2.45, 2.75) is 13.8 Å². The number of nitrogens with one attached hydrogen (secondary N) is 1. The lowest BCUT2D eigenvalue weighted by molar-refractivity contribution is -0.118. The Morgan fingerprint density at radius 1 is 1.79 bits per heavy atom. The molecule has 0 fully saturated rings. The van der Waals surface area contributed by atoms with Crippen molar-refractivity contribution in [1.82, 2.24) is 9.78 Å². The molecule has 78 valence electrons. The number of alkyl halides is 1. The van der Waals surface area contributed by atoms with Crippen molar-refractivity contribution in [3.05, 3.63) is 11.9 Å². The third-order valence-electron chi connectivity index (χ3n) is 1.95. The van der Waals surface area contributed by atoms with Crippen LogP contribution in [0.4, 0.5) is 5.69 Å². The molecule has 5 heteroatoms. The number of hydrogen-bond donors (Lipinski definition) is 1. The maximum atomic E-state index is 11.5. The van der Waals surface area contributed by atoms with Crippen molar-refractivity contribution in [2.24, 2.45) is 13.0 Å². The standard InChI is InChI=1S/C9H14ClN3O/c1-6(4-10)9(14)11-8-5-13(3)12-7(8)2/h5-6H,4H2,1-3H3,(H,11,14). The molecular weight excluding hydrogens is 202 g/mol. The van der Waals surface area contributed by atoms with Crippen LogP contribution in [0.5, 0.6) is 0 Å². The van der Waals surface area contributed by atoms with Crippen LogP contribution in [-0.4, -0.2) is 21.6 Å². The fourth-order valence-electron chi connectivity index (χ4n) is 1.05. The summed E-state index contributed by atoms with van der Waals surface area (Å²) in [4.78, 5) is 11.5. The second kappa shape index (κ2) is 4.46. The fourth-order valence-corrected chi connectivity index (χ4v) is 1.19. The second-order valence-electron chi connectivity index (χ2n) is 3.35. The van der Waals surface area contributed by atoms with Crippen molar-refractivity contribution < 1.29 is 4.79 Å². The summed E-state index contributed by atoms with van der Waals surface area (Å²) in [6.07, 6.45) is 1.77. The lowest BCUT2D eigenvalue weighted by Crippen LogP contribution is -2.21. The monoisotopic (exact) mass is 215 g/mol. The smallest absolute Gasteiger partial charge is 0.228 e. The first kappa shape index (κ1) is 11.0. The zero-order valence-electron chi connectivity index (χ0n) is 8.54. The number of halogens is 1. The average Bonchev–Trinajstić information content (AvgIpc) is 2.44. The predicted octanol–water partition coefficient (Wildman–Crippen LogP) is 1.54. The number of carbonyl (C=O) groups is 1. The van der Waals surface area contributed by atoms with Crippen molar-refractivity contribution in [2.75, 3.05) is 11.2 Å². The molecule has 0 aliphatic rings. The van der Waals surface area contributed by atoms with E-state index in [-0.39, 0.29) is 11.8 Å². The summed E-state index contributed by atoms with van der Waals surface area (Å²) in [6, 6.07) is 0. The zero-order chi connectivity index (χ0) is 10.7. The topological polar surface area (TPSA) is 46.9 Å². The molecule has 0 bridgehead atoms. The largest absolute Gasteiger partial charge is 0.323 e. The molecule has 0 spiro atoms. The van der Waals surface area contributed by atoms with Crippen LogP contribution in [-0.2, 0) is 11.8 Å². The molecule has 1 rings (SSSR count). The summed E-state index contributed by atoms with van der Waals surface area (Å²) in [7, 11) is 1.81. The van der Waals surface area contributed by atoms with Crippen LogP contribution in [0.3, 0.4) is 0 Å². The normalized spacial score (nSPS) is 12.6. The number of nitrogens with zero attached hydrogens (tertiary/aromatic N) is 2. The maximum Gasteiger partial charge on any atom is 0.228 e. The first-order chi connectivity index (χ1) is 6.54. The Morgan fingerprint density at radius 2 is 2.43 bits per heavy atom. The highest BCUT2D eigenvalue weighted by Crippen LogP contribution is 2.13. The van der Waals surface area contributed by atoms with E-state index in [1.54, 1.807) is 17.8 Å². The molecule has 0 radical (unpaired) electrons. The molecule has 1 aromatic rings.